The van der Waals surface area contributed by atoms with E-state index >= 15 is 0 Å². The van der Waals surface area contributed by atoms with Gasteiger partial charge < -0.3 is 14.7 Å². The van der Waals surface area contributed by atoms with E-state index in [0.29, 0.717) is 23.8 Å². The lowest BCUT2D eigenvalue weighted by Crippen LogP contribution is -2.36. The third-order valence-electron chi connectivity index (χ3n) is 5.85. The van der Waals surface area contributed by atoms with E-state index in [1.807, 2.05) is 18.3 Å². The molecule has 194 valence electrons. The van der Waals surface area contributed by atoms with Crippen molar-refractivity contribution in [3.63, 3.8) is 0 Å². The van der Waals surface area contributed by atoms with Gasteiger partial charge in [0.1, 0.15) is 0 Å². The highest BCUT2D eigenvalue weighted by atomic mass is 32.2. The first-order valence-corrected chi connectivity index (χ1v) is 12.5. The first-order valence-electron chi connectivity index (χ1n) is 11.1. The number of aliphatic carboxylic acids is 1. The normalized spacial score (nSPS) is 19.2. The average molecular weight is 528 g/mol. The Balaban J connectivity index is 0.000000384. The van der Waals surface area contributed by atoms with Crippen LogP contribution in [0.4, 0.5) is 18.9 Å². The van der Waals surface area contributed by atoms with Crippen LogP contribution in [0.5, 0.6) is 0 Å². The molecule has 1 unspecified atom stereocenters. The molecule has 2 saturated heterocycles. The minimum Gasteiger partial charge on any atom is -0.475 e. The molecule has 2 aromatic heterocycles. The van der Waals surface area contributed by atoms with Crippen LogP contribution in [0.1, 0.15) is 18.2 Å². The number of alkyl halides is 3. The Bertz CT molecular complexity index is 1310. The van der Waals surface area contributed by atoms with Crippen LogP contribution in [0.15, 0.2) is 53.6 Å². The number of benzene rings is 1. The zero-order valence-electron chi connectivity index (χ0n) is 19.0. The van der Waals surface area contributed by atoms with Gasteiger partial charge in [-0.1, -0.05) is 18.2 Å². The summed E-state index contributed by atoms with van der Waals surface area (Å²) in [6, 6.07) is 12.6. The number of rotatable bonds is 4. The van der Waals surface area contributed by atoms with Crippen LogP contribution < -0.4 is 4.90 Å². The zero-order chi connectivity index (χ0) is 25.9. The Kier molecular flexibility index (Phi) is 7.47. The number of morpholine rings is 1. The van der Waals surface area contributed by atoms with E-state index in [9.17, 15) is 21.6 Å². The lowest BCUT2D eigenvalue weighted by atomic mass is 10.1. The number of nitrogens with zero attached hydrogens (tertiary/aromatic N) is 5. The number of hydrogen-bond donors (Lipinski definition) is 1. The van der Waals surface area contributed by atoms with Gasteiger partial charge in [-0.3, -0.25) is 0 Å². The van der Waals surface area contributed by atoms with E-state index in [4.69, 9.17) is 14.6 Å². The molecule has 2 aliphatic rings. The van der Waals surface area contributed by atoms with Gasteiger partial charge in [0.15, 0.2) is 11.5 Å². The van der Waals surface area contributed by atoms with Crippen molar-refractivity contribution < 1.29 is 36.2 Å². The van der Waals surface area contributed by atoms with Crippen molar-refractivity contribution in [2.45, 2.75) is 23.4 Å². The second kappa shape index (κ2) is 10.4. The number of carbonyl (C=O) groups is 1. The summed E-state index contributed by atoms with van der Waals surface area (Å²) in [5, 5.41) is 11.8. The van der Waals surface area contributed by atoms with Gasteiger partial charge in [-0.25, -0.2) is 22.7 Å². The van der Waals surface area contributed by atoms with E-state index in [0.717, 1.165) is 44.1 Å². The summed E-state index contributed by atoms with van der Waals surface area (Å²) < 4.78 is 66.2. The van der Waals surface area contributed by atoms with Gasteiger partial charge in [0, 0.05) is 32.1 Å². The molecule has 1 N–H and O–H groups in total. The number of pyridine rings is 1. The highest BCUT2D eigenvalue weighted by Crippen LogP contribution is 2.30. The van der Waals surface area contributed by atoms with Crippen LogP contribution in [0.3, 0.4) is 0 Å². The SMILES string of the molecule is O=C(O)C(F)(F)F.O=S(=O)(c1ccccc1)N1CCC(c2nc3ccc(N4CCOCC4)cn3n2)C1. The van der Waals surface area contributed by atoms with Crippen LogP contribution >= 0.6 is 0 Å². The third-order valence-corrected chi connectivity index (χ3v) is 7.73. The van der Waals surface area contributed by atoms with Crippen molar-refractivity contribution in [1.82, 2.24) is 18.9 Å². The molecule has 2 aliphatic heterocycles. The van der Waals surface area contributed by atoms with Crippen molar-refractivity contribution in [1.29, 1.82) is 0 Å². The summed E-state index contributed by atoms with van der Waals surface area (Å²) in [7, 11) is -3.48. The van der Waals surface area contributed by atoms with Gasteiger partial charge in [-0.2, -0.15) is 22.6 Å². The maximum Gasteiger partial charge on any atom is 0.490 e. The van der Waals surface area contributed by atoms with Crippen molar-refractivity contribution in [2.75, 3.05) is 44.3 Å². The topological polar surface area (TPSA) is 117 Å². The molecule has 0 saturated carbocycles. The minimum atomic E-state index is -5.08. The third kappa shape index (κ3) is 5.77. The fraction of sp³-hybridized carbons (Fsp3) is 0.409. The first kappa shape index (κ1) is 25.9. The Hall–Kier alpha value is -3.23. The van der Waals surface area contributed by atoms with Gasteiger partial charge in [-0.15, -0.1) is 0 Å². The number of ether oxygens (including phenoxy) is 1. The standard InChI is InChI=1S/C20H23N5O3S.C2HF3O2/c26-29(27,18-4-2-1-3-5-18)24-9-8-16(14-24)20-21-19-7-6-17(15-25(19)22-20)23-10-12-28-13-11-23;3-2(4,5)1(6)7/h1-7,15-16H,8-14H2;(H,6,7). The van der Waals surface area contributed by atoms with Crippen LogP contribution in [0, 0.1) is 0 Å². The number of fused-ring (bicyclic) bond motifs is 1. The number of carboxylic acid groups (broad SMARTS) is 1. The number of halogens is 3. The van der Waals surface area contributed by atoms with Gasteiger partial charge in [0.2, 0.25) is 10.0 Å². The molecule has 1 atom stereocenters. The molecule has 0 aliphatic carbocycles. The fourth-order valence-electron chi connectivity index (χ4n) is 3.97. The highest BCUT2D eigenvalue weighted by Gasteiger charge is 2.38. The molecular formula is C22H24F3N5O5S. The molecule has 14 heteroatoms. The Morgan fingerprint density at radius 3 is 2.36 bits per heavy atom. The predicted molar refractivity (Wildman–Crippen MR) is 122 cm³/mol. The predicted octanol–water partition coefficient (Wildman–Crippen LogP) is 2.38. The van der Waals surface area contributed by atoms with Crippen LogP contribution in [-0.4, -0.2) is 84.0 Å². The average Bonchev–Trinajstić information content (AvgIpc) is 3.52. The van der Waals surface area contributed by atoms with E-state index in [1.165, 1.54) is 4.31 Å². The van der Waals surface area contributed by atoms with Crippen molar-refractivity contribution >= 4 is 27.3 Å². The smallest absolute Gasteiger partial charge is 0.475 e. The van der Waals surface area contributed by atoms with Crippen LogP contribution in [0.25, 0.3) is 5.65 Å². The lowest BCUT2D eigenvalue weighted by Gasteiger charge is -2.28. The zero-order valence-corrected chi connectivity index (χ0v) is 19.8. The van der Waals surface area contributed by atoms with Crippen molar-refractivity contribution in [2.24, 2.45) is 0 Å². The summed E-state index contributed by atoms with van der Waals surface area (Å²) in [6.07, 6.45) is -2.37. The van der Waals surface area contributed by atoms with Crippen molar-refractivity contribution in [3.05, 3.63) is 54.5 Å². The second-order valence-electron chi connectivity index (χ2n) is 8.22. The maximum absolute atomic E-state index is 12.9. The molecule has 1 aromatic carbocycles. The van der Waals surface area contributed by atoms with E-state index in [-0.39, 0.29) is 5.92 Å². The van der Waals surface area contributed by atoms with Gasteiger partial charge in [0.25, 0.3) is 0 Å². The molecular weight excluding hydrogens is 503 g/mol. The monoisotopic (exact) mass is 527 g/mol. The molecule has 5 rings (SSSR count). The van der Waals surface area contributed by atoms with Crippen LogP contribution in [-0.2, 0) is 19.6 Å². The molecule has 10 nitrogen and oxygen atoms in total. The Labute approximate surface area is 205 Å². The molecule has 36 heavy (non-hydrogen) atoms. The van der Waals surface area contributed by atoms with Gasteiger partial charge in [0.05, 0.1) is 30.0 Å². The molecule has 3 aromatic rings. The Morgan fingerprint density at radius 2 is 1.72 bits per heavy atom. The Morgan fingerprint density at radius 1 is 1.06 bits per heavy atom. The molecule has 0 amide bonds. The van der Waals surface area contributed by atoms with E-state index < -0.39 is 22.2 Å². The summed E-state index contributed by atoms with van der Waals surface area (Å²) in [5.41, 5.74) is 1.87. The molecule has 0 spiro atoms. The van der Waals surface area contributed by atoms with Gasteiger partial charge >= 0.3 is 12.1 Å². The lowest BCUT2D eigenvalue weighted by molar-refractivity contribution is -0.192. The summed E-state index contributed by atoms with van der Waals surface area (Å²) >= 11 is 0. The van der Waals surface area contributed by atoms with E-state index in [2.05, 4.69) is 21.0 Å². The maximum atomic E-state index is 12.9. The number of aromatic nitrogens is 3. The largest absolute Gasteiger partial charge is 0.490 e. The molecule has 0 bridgehead atoms. The summed E-state index contributed by atoms with van der Waals surface area (Å²) in [6.45, 7) is 4.08. The number of carboxylic acids is 1. The van der Waals surface area contributed by atoms with Crippen molar-refractivity contribution in [3.8, 4) is 0 Å². The molecule has 0 radical (unpaired) electrons. The number of hydrogen-bond acceptors (Lipinski definition) is 7. The second-order valence-corrected chi connectivity index (χ2v) is 10.2. The van der Waals surface area contributed by atoms with Crippen LogP contribution in [0.2, 0.25) is 0 Å². The minimum absolute atomic E-state index is 0.000207. The molecule has 4 heterocycles. The summed E-state index contributed by atoms with van der Waals surface area (Å²) in [4.78, 5) is 16.2. The summed E-state index contributed by atoms with van der Waals surface area (Å²) in [5.74, 6) is -2.05. The fourth-order valence-corrected chi connectivity index (χ4v) is 5.49. The number of anilines is 1. The quantitative estimate of drug-likeness (QED) is 0.550. The van der Waals surface area contributed by atoms with E-state index in [1.54, 1.807) is 28.8 Å². The highest BCUT2D eigenvalue weighted by molar-refractivity contribution is 7.89. The first-order chi connectivity index (χ1) is 17.1. The number of sulfonamides is 1. The molecule has 2 fully saturated rings. The van der Waals surface area contributed by atoms with Gasteiger partial charge in [-0.05, 0) is 30.7 Å².